The van der Waals surface area contributed by atoms with E-state index in [1.807, 2.05) is 0 Å². The van der Waals surface area contributed by atoms with E-state index < -0.39 is 0 Å². The van der Waals surface area contributed by atoms with Gasteiger partial charge in [0.2, 0.25) is 0 Å². The molecule has 4 aromatic rings. The molecule has 3 nitrogen and oxygen atoms in total. The summed E-state index contributed by atoms with van der Waals surface area (Å²) in [5.41, 5.74) is 7.53. The standard InChI is InChI=1S/C25H25N3/c1-15-7-6-9-17-13-22-21(14-20(15)17)26-24-19-12-11-16-8-4-5-10-18(16)23(19)27-25(2,3)28(22)24/h4-5,8,10-15,27H,6-7,9H2,1-3H3. The van der Waals surface area contributed by atoms with Crippen molar-refractivity contribution in [1.29, 1.82) is 0 Å². The van der Waals surface area contributed by atoms with Gasteiger partial charge in [0.1, 0.15) is 11.5 Å². The van der Waals surface area contributed by atoms with Gasteiger partial charge in [0, 0.05) is 10.9 Å². The van der Waals surface area contributed by atoms with Gasteiger partial charge in [-0.05, 0) is 73.7 Å². The van der Waals surface area contributed by atoms with Crippen LogP contribution in [0.2, 0.25) is 0 Å². The second-order valence-electron chi connectivity index (χ2n) is 9.00. The van der Waals surface area contributed by atoms with Crippen molar-refractivity contribution in [1.82, 2.24) is 9.55 Å². The predicted octanol–water partition coefficient (Wildman–Crippen LogP) is 6.41. The molecular weight excluding hydrogens is 342 g/mol. The number of hydrogen-bond acceptors (Lipinski definition) is 2. The van der Waals surface area contributed by atoms with Crippen molar-refractivity contribution >= 4 is 27.5 Å². The van der Waals surface area contributed by atoms with E-state index in [9.17, 15) is 0 Å². The minimum Gasteiger partial charge on any atom is -0.362 e. The highest BCUT2D eigenvalue weighted by Gasteiger charge is 2.34. The molecule has 3 heteroatoms. The molecule has 6 rings (SSSR count). The smallest absolute Gasteiger partial charge is 0.145 e. The minimum absolute atomic E-state index is 0.240. The highest BCUT2D eigenvalue weighted by atomic mass is 15.3. The zero-order valence-corrected chi connectivity index (χ0v) is 16.7. The molecule has 1 N–H and O–H groups in total. The van der Waals surface area contributed by atoms with Crippen LogP contribution in [-0.2, 0) is 12.1 Å². The third-order valence-electron chi connectivity index (χ3n) is 6.69. The number of nitrogens with one attached hydrogen (secondary N) is 1. The molecule has 0 amide bonds. The van der Waals surface area contributed by atoms with Crippen LogP contribution in [0.4, 0.5) is 5.69 Å². The zero-order valence-electron chi connectivity index (χ0n) is 16.7. The fourth-order valence-electron chi connectivity index (χ4n) is 5.31. The van der Waals surface area contributed by atoms with Crippen LogP contribution in [0, 0.1) is 0 Å². The molecule has 2 aliphatic rings. The van der Waals surface area contributed by atoms with Gasteiger partial charge >= 0.3 is 0 Å². The Morgan fingerprint density at radius 1 is 1.11 bits per heavy atom. The zero-order chi connectivity index (χ0) is 19.0. The Balaban J connectivity index is 1.69. The van der Waals surface area contributed by atoms with Crippen LogP contribution in [0.5, 0.6) is 0 Å². The third-order valence-corrected chi connectivity index (χ3v) is 6.69. The van der Waals surface area contributed by atoms with Gasteiger partial charge in [-0.25, -0.2) is 4.98 Å². The highest BCUT2D eigenvalue weighted by molar-refractivity contribution is 6.03. The molecule has 2 heterocycles. The fourth-order valence-corrected chi connectivity index (χ4v) is 5.31. The Hall–Kier alpha value is -2.81. The maximum atomic E-state index is 5.16. The van der Waals surface area contributed by atoms with Crippen LogP contribution in [0.3, 0.4) is 0 Å². The van der Waals surface area contributed by atoms with E-state index in [-0.39, 0.29) is 5.66 Å². The average molecular weight is 367 g/mol. The van der Waals surface area contributed by atoms with Crippen molar-refractivity contribution in [3.8, 4) is 11.4 Å². The molecule has 1 unspecified atom stereocenters. The SMILES string of the molecule is CC1CCCc2cc3c(cc21)nc1n3C(C)(C)Nc2c-1ccc1ccccc21. The van der Waals surface area contributed by atoms with E-state index in [0.29, 0.717) is 5.92 Å². The third kappa shape index (κ3) is 2.07. The fraction of sp³-hybridized carbons (Fsp3) is 0.320. The van der Waals surface area contributed by atoms with E-state index in [1.165, 1.54) is 57.9 Å². The van der Waals surface area contributed by atoms with Gasteiger partial charge in [0.05, 0.1) is 16.7 Å². The lowest BCUT2D eigenvalue weighted by atomic mass is 9.83. The normalized spacial score (nSPS) is 19.8. The van der Waals surface area contributed by atoms with E-state index in [0.717, 1.165) is 11.3 Å². The summed E-state index contributed by atoms with van der Waals surface area (Å²) in [6.07, 6.45) is 3.76. The van der Waals surface area contributed by atoms with E-state index in [4.69, 9.17) is 4.98 Å². The molecule has 1 aliphatic carbocycles. The van der Waals surface area contributed by atoms with Crippen molar-refractivity contribution < 1.29 is 0 Å². The minimum atomic E-state index is -0.240. The molecule has 0 bridgehead atoms. The first-order valence-corrected chi connectivity index (χ1v) is 10.4. The van der Waals surface area contributed by atoms with Gasteiger partial charge in [-0.15, -0.1) is 0 Å². The van der Waals surface area contributed by atoms with Crippen LogP contribution < -0.4 is 5.32 Å². The average Bonchev–Trinajstić information content (AvgIpc) is 3.06. The first-order valence-electron chi connectivity index (χ1n) is 10.4. The van der Waals surface area contributed by atoms with Gasteiger partial charge in [-0.2, -0.15) is 0 Å². The number of anilines is 1. The molecule has 28 heavy (non-hydrogen) atoms. The van der Waals surface area contributed by atoms with Crippen LogP contribution in [0.25, 0.3) is 33.2 Å². The van der Waals surface area contributed by atoms with Gasteiger partial charge in [-0.1, -0.05) is 37.3 Å². The number of nitrogens with zero attached hydrogens (tertiary/aromatic N) is 2. The largest absolute Gasteiger partial charge is 0.362 e. The Labute approximate surface area is 165 Å². The van der Waals surface area contributed by atoms with Crippen molar-refractivity contribution in [3.63, 3.8) is 0 Å². The molecule has 1 aliphatic heterocycles. The summed E-state index contributed by atoms with van der Waals surface area (Å²) in [7, 11) is 0. The number of benzene rings is 3. The number of aryl methyl sites for hydroxylation is 1. The number of aromatic nitrogens is 2. The molecule has 0 saturated heterocycles. The summed E-state index contributed by atoms with van der Waals surface area (Å²) < 4.78 is 2.40. The second kappa shape index (κ2) is 5.38. The monoisotopic (exact) mass is 367 g/mol. The Bertz CT molecular complexity index is 1260. The quantitative estimate of drug-likeness (QED) is 0.389. The summed E-state index contributed by atoms with van der Waals surface area (Å²) >= 11 is 0. The summed E-state index contributed by atoms with van der Waals surface area (Å²) in [5.74, 6) is 1.71. The lowest BCUT2D eigenvalue weighted by Crippen LogP contribution is -2.38. The van der Waals surface area contributed by atoms with E-state index in [1.54, 1.807) is 0 Å². The lowest BCUT2D eigenvalue weighted by molar-refractivity contribution is 0.423. The maximum absolute atomic E-state index is 5.16. The number of rotatable bonds is 0. The number of fused-ring (bicyclic) bond motifs is 8. The number of hydrogen-bond donors (Lipinski definition) is 1. The maximum Gasteiger partial charge on any atom is 0.145 e. The molecule has 0 fully saturated rings. The van der Waals surface area contributed by atoms with Crippen LogP contribution in [0.15, 0.2) is 48.5 Å². The van der Waals surface area contributed by atoms with Gasteiger partial charge in [0.15, 0.2) is 0 Å². The molecule has 0 saturated carbocycles. The molecule has 0 radical (unpaired) electrons. The summed E-state index contributed by atoms with van der Waals surface area (Å²) in [6.45, 7) is 6.86. The number of imidazole rings is 1. The van der Waals surface area contributed by atoms with Gasteiger partial charge in [-0.3, -0.25) is 0 Å². The Morgan fingerprint density at radius 2 is 1.96 bits per heavy atom. The molecular formula is C25H25N3. The summed E-state index contributed by atoms with van der Waals surface area (Å²) in [4.78, 5) is 5.16. The predicted molar refractivity (Wildman–Crippen MR) is 117 cm³/mol. The van der Waals surface area contributed by atoms with Gasteiger partial charge in [0.25, 0.3) is 0 Å². The van der Waals surface area contributed by atoms with Crippen LogP contribution in [-0.4, -0.2) is 9.55 Å². The van der Waals surface area contributed by atoms with E-state index in [2.05, 4.69) is 79.2 Å². The second-order valence-corrected chi connectivity index (χ2v) is 9.00. The molecule has 0 spiro atoms. The van der Waals surface area contributed by atoms with Gasteiger partial charge < -0.3 is 9.88 Å². The molecule has 140 valence electrons. The van der Waals surface area contributed by atoms with E-state index >= 15 is 0 Å². The van der Waals surface area contributed by atoms with Crippen molar-refractivity contribution in [2.24, 2.45) is 0 Å². The van der Waals surface area contributed by atoms with Crippen molar-refractivity contribution in [3.05, 3.63) is 59.7 Å². The topological polar surface area (TPSA) is 29.9 Å². The Kier molecular flexibility index (Phi) is 3.11. The lowest BCUT2D eigenvalue weighted by Gasteiger charge is -2.37. The summed E-state index contributed by atoms with van der Waals surface area (Å²) in [6, 6.07) is 17.8. The molecule has 3 aromatic carbocycles. The van der Waals surface area contributed by atoms with Crippen molar-refractivity contribution in [2.75, 3.05) is 5.32 Å². The van der Waals surface area contributed by atoms with Crippen LogP contribution in [0.1, 0.15) is 50.7 Å². The van der Waals surface area contributed by atoms with Crippen molar-refractivity contribution in [2.45, 2.75) is 51.6 Å². The summed E-state index contributed by atoms with van der Waals surface area (Å²) in [5, 5.41) is 6.35. The first-order chi connectivity index (χ1) is 13.5. The highest BCUT2D eigenvalue weighted by Crippen LogP contribution is 2.45. The molecule has 1 atom stereocenters. The molecule has 1 aromatic heterocycles. The van der Waals surface area contributed by atoms with Crippen LogP contribution >= 0.6 is 0 Å². The first kappa shape index (κ1) is 16.2. The Morgan fingerprint density at radius 3 is 2.86 bits per heavy atom.